The minimum Gasteiger partial charge on any atom is -0.385 e. The van der Waals surface area contributed by atoms with E-state index in [0.29, 0.717) is 12.0 Å². The van der Waals surface area contributed by atoms with E-state index in [2.05, 4.69) is 25.2 Å². The van der Waals surface area contributed by atoms with Gasteiger partial charge in [0.05, 0.1) is 0 Å². The minimum absolute atomic E-state index is 0.512. The van der Waals surface area contributed by atoms with Gasteiger partial charge in [-0.25, -0.2) is 0 Å². The molecule has 0 aromatic rings. The van der Waals surface area contributed by atoms with E-state index in [-0.39, 0.29) is 0 Å². The first-order chi connectivity index (χ1) is 7.65. The smallest absolute Gasteiger partial charge is 0.0310 e. The normalized spacial score (nSPS) is 35.8. The van der Waals surface area contributed by atoms with Gasteiger partial charge in [0, 0.05) is 23.9 Å². The molecule has 1 saturated carbocycles. The second-order valence-corrected chi connectivity index (χ2v) is 5.66. The van der Waals surface area contributed by atoms with Gasteiger partial charge < -0.3 is 10.7 Å². The molecule has 1 fully saturated rings. The predicted octanol–water partition coefficient (Wildman–Crippen LogP) is 3.49. The monoisotopic (exact) mass is 220 g/mol. The maximum absolute atomic E-state index is 7.91. The highest BCUT2D eigenvalue weighted by molar-refractivity contribution is 5.84. The summed E-state index contributed by atoms with van der Waals surface area (Å²) in [5.74, 6) is 1.37. The number of nitrogens with one attached hydrogen (secondary N) is 2. The van der Waals surface area contributed by atoms with Gasteiger partial charge in [0.15, 0.2) is 0 Å². The number of allylic oxidation sites excluding steroid dienone is 2. The van der Waals surface area contributed by atoms with Crippen molar-refractivity contribution in [3.63, 3.8) is 0 Å². The zero-order chi connectivity index (χ0) is 11.5. The summed E-state index contributed by atoms with van der Waals surface area (Å²) in [4.78, 5) is 0. The quantitative estimate of drug-likeness (QED) is 0.734. The topological polar surface area (TPSA) is 35.9 Å². The lowest BCUT2D eigenvalue weighted by atomic mass is 9.85. The van der Waals surface area contributed by atoms with Gasteiger partial charge in [-0.05, 0) is 43.9 Å². The van der Waals surface area contributed by atoms with Crippen LogP contribution in [0, 0.1) is 17.2 Å². The van der Waals surface area contributed by atoms with Crippen molar-refractivity contribution < 1.29 is 0 Å². The average molecular weight is 220 g/mol. The Kier molecular flexibility index (Phi) is 3.67. The third-order valence-electron chi connectivity index (χ3n) is 4.07. The van der Waals surface area contributed by atoms with Gasteiger partial charge in [0.25, 0.3) is 0 Å². The minimum atomic E-state index is 0.512. The highest BCUT2D eigenvalue weighted by Gasteiger charge is 2.23. The Bertz CT molecular complexity index is 293. The lowest BCUT2D eigenvalue weighted by Crippen LogP contribution is -2.37. The van der Waals surface area contributed by atoms with Crippen molar-refractivity contribution in [2.75, 3.05) is 0 Å². The Hall–Kier alpha value is -0.790. The molecule has 0 aliphatic heterocycles. The Morgan fingerprint density at radius 3 is 2.69 bits per heavy atom. The number of rotatable bonds is 2. The summed E-state index contributed by atoms with van der Waals surface area (Å²) < 4.78 is 0. The van der Waals surface area contributed by atoms with Gasteiger partial charge in [-0.2, -0.15) is 0 Å². The van der Waals surface area contributed by atoms with E-state index in [1.807, 2.05) is 0 Å². The first-order valence-corrected chi connectivity index (χ1v) is 6.68. The lowest BCUT2D eigenvalue weighted by Gasteiger charge is -2.31. The molecular weight excluding hydrogens is 196 g/mol. The van der Waals surface area contributed by atoms with Crippen molar-refractivity contribution in [1.82, 2.24) is 5.32 Å². The second-order valence-electron chi connectivity index (χ2n) is 5.66. The van der Waals surface area contributed by atoms with Crippen LogP contribution in [0.15, 0.2) is 11.8 Å². The molecular formula is C14H24N2. The summed E-state index contributed by atoms with van der Waals surface area (Å²) in [5, 5.41) is 11.6. The predicted molar refractivity (Wildman–Crippen MR) is 68.8 cm³/mol. The standard InChI is InChI=1S/C14H24N2/c1-10-3-6-12(7-4-10)16-13-8-5-11(2)14(15)9-13/h6,10-11,13,15-16H,3-5,7-9H2,1-2H3. The summed E-state index contributed by atoms with van der Waals surface area (Å²) in [7, 11) is 0. The van der Waals surface area contributed by atoms with Crippen LogP contribution in [-0.2, 0) is 0 Å². The first-order valence-electron chi connectivity index (χ1n) is 6.68. The third kappa shape index (κ3) is 2.87. The van der Waals surface area contributed by atoms with Gasteiger partial charge in [-0.1, -0.05) is 19.9 Å². The fraction of sp³-hybridized carbons (Fsp3) is 0.786. The van der Waals surface area contributed by atoms with Crippen molar-refractivity contribution in [1.29, 1.82) is 5.41 Å². The molecule has 2 aliphatic rings. The molecule has 2 nitrogen and oxygen atoms in total. The molecule has 3 unspecified atom stereocenters. The highest BCUT2D eigenvalue weighted by Crippen LogP contribution is 2.25. The average Bonchev–Trinajstić information content (AvgIpc) is 2.27. The van der Waals surface area contributed by atoms with Crippen LogP contribution in [0.2, 0.25) is 0 Å². The molecule has 0 aromatic heterocycles. The lowest BCUT2D eigenvalue weighted by molar-refractivity contribution is 0.423. The largest absolute Gasteiger partial charge is 0.385 e. The van der Waals surface area contributed by atoms with Gasteiger partial charge in [0.2, 0.25) is 0 Å². The van der Waals surface area contributed by atoms with E-state index >= 15 is 0 Å². The van der Waals surface area contributed by atoms with Crippen LogP contribution in [-0.4, -0.2) is 11.8 Å². The Morgan fingerprint density at radius 2 is 2.06 bits per heavy atom. The van der Waals surface area contributed by atoms with Crippen molar-refractivity contribution in [2.24, 2.45) is 11.8 Å². The van der Waals surface area contributed by atoms with Crippen LogP contribution >= 0.6 is 0 Å². The van der Waals surface area contributed by atoms with E-state index in [1.54, 1.807) is 0 Å². The van der Waals surface area contributed by atoms with Crippen LogP contribution in [0.3, 0.4) is 0 Å². The number of hydrogen-bond acceptors (Lipinski definition) is 2. The van der Waals surface area contributed by atoms with Gasteiger partial charge in [-0.3, -0.25) is 0 Å². The molecule has 2 heteroatoms. The molecule has 0 amide bonds. The summed E-state index contributed by atoms with van der Waals surface area (Å²) in [6.45, 7) is 4.51. The molecule has 0 radical (unpaired) electrons. The zero-order valence-electron chi connectivity index (χ0n) is 10.6. The molecule has 0 heterocycles. The molecule has 2 rings (SSSR count). The van der Waals surface area contributed by atoms with E-state index in [0.717, 1.165) is 18.1 Å². The molecule has 90 valence electrons. The van der Waals surface area contributed by atoms with E-state index in [1.165, 1.54) is 37.8 Å². The highest BCUT2D eigenvalue weighted by atomic mass is 14.9. The molecule has 16 heavy (non-hydrogen) atoms. The Labute approximate surface area is 99.0 Å². The molecule has 0 saturated heterocycles. The molecule has 0 aromatic carbocycles. The van der Waals surface area contributed by atoms with E-state index < -0.39 is 0 Å². The first kappa shape index (κ1) is 11.7. The second kappa shape index (κ2) is 5.03. The Morgan fingerprint density at radius 1 is 1.25 bits per heavy atom. The van der Waals surface area contributed by atoms with Crippen molar-refractivity contribution in [3.05, 3.63) is 11.8 Å². The van der Waals surface area contributed by atoms with Gasteiger partial charge >= 0.3 is 0 Å². The van der Waals surface area contributed by atoms with E-state index in [9.17, 15) is 0 Å². The Balaban J connectivity index is 1.84. The molecule has 0 spiro atoms. The fourth-order valence-electron chi connectivity index (χ4n) is 2.68. The van der Waals surface area contributed by atoms with Crippen LogP contribution in [0.25, 0.3) is 0 Å². The maximum atomic E-state index is 7.91. The summed E-state index contributed by atoms with van der Waals surface area (Å²) in [5.41, 5.74) is 2.37. The van der Waals surface area contributed by atoms with Gasteiger partial charge in [-0.15, -0.1) is 0 Å². The van der Waals surface area contributed by atoms with Crippen LogP contribution in [0.5, 0.6) is 0 Å². The molecule has 0 bridgehead atoms. The van der Waals surface area contributed by atoms with Crippen LogP contribution in [0.1, 0.15) is 52.4 Å². The molecule has 2 aliphatic carbocycles. The summed E-state index contributed by atoms with van der Waals surface area (Å²) in [6.07, 6.45) is 9.49. The SMILES string of the molecule is CC1CC=C(NC2CCC(C)C(=N)C2)CC1. The molecule has 2 N–H and O–H groups in total. The molecule has 3 atom stereocenters. The van der Waals surface area contributed by atoms with E-state index in [4.69, 9.17) is 5.41 Å². The van der Waals surface area contributed by atoms with Crippen molar-refractivity contribution >= 4 is 5.71 Å². The summed E-state index contributed by atoms with van der Waals surface area (Å²) in [6, 6.07) is 0.531. The fourth-order valence-corrected chi connectivity index (χ4v) is 2.68. The van der Waals surface area contributed by atoms with Crippen LogP contribution < -0.4 is 5.32 Å². The maximum Gasteiger partial charge on any atom is 0.0310 e. The third-order valence-corrected chi connectivity index (χ3v) is 4.07. The van der Waals surface area contributed by atoms with Crippen molar-refractivity contribution in [3.8, 4) is 0 Å². The van der Waals surface area contributed by atoms with Gasteiger partial charge in [0.1, 0.15) is 0 Å². The van der Waals surface area contributed by atoms with Crippen LogP contribution in [0.4, 0.5) is 0 Å². The summed E-state index contributed by atoms with van der Waals surface area (Å²) >= 11 is 0. The van der Waals surface area contributed by atoms with Crippen molar-refractivity contribution in [2.45, 2.75) is 58.4 Å². The number of hydrogen-bond donors (Lipinski definition) is 2. The zero-order valence-corrected chi connectivity index (χ0v) is 10.6.